The normalized spacial score (nSPS) is 12.5. The van der Waals surface area contributed by atoms with Crippen LogP contribution in [0, 0.1) is 3.57 Å². The Morgan fingerprint density at radius 1 is 1.77 bits per heavy atom. The lowest BCUT2D eigenvalue weighted by Crippen LogP contribution is -2.13. The van der Waals surface area contributed by atoms with Crippen LogP contribution < -0.4 is 0 Å². The van der Waals surface area contributed by atoms with Crippen LogP contribution in [0.2, 0.25) is 0 Å². The van der Waals surface area contributed by atoms with E-state index in [1.54, 1.807) is 6.20 Å². The first-order valence-corrected chi connectivity index (χ1v) is 4.93. The lowest BCUT2D eigenvalue weighted by Gasteiger charge is -2.09. The largest absolute Gasteiger partial charge is 0.481 e. The summed E-state index contributed by atoms with van der Waals surface area (Å²) in [6, 6.07) is 0. The Hall–Kier alpha value is -0.720. The van der Waals surface area contributed by atoms with E-state index < -0.39 is 11.9 Å². The minimum Gasteiger partial charge on any atom is -0.481 e. The summed E-state index contributed by atoms with van der Waals surface area (Å²) in [5, 5.41) is 8.89. The molecule has 0 fully saturated rings. The van der Waals surface area contributed by atoms with Crippen LogP contribution in [0.1, 0.15) is 25.0 Å². The van der Waals surface area contributed by atoms with Crippen LogP contribution >= 0.6 is 22.6 Å². The molecule has 1 heterocycles. The number of aromatic nitrogens is 2. The molecule has 4 nitrogen and oxygen atoms in total. The molecule has 0 aliphatic heterocycles. The minimum atomic E-state index is -0.834. The zero-order valence-corrected chi connectivity index (χ0v) is 9.22. The van der Waals surface area contributed by atoms with Gasteiger partial charge in [-0.05, 0) is 29.0 Å². The van der Waals surface area contributed by atoms with Gasteiger partial charge in [0.05, 0.1) is 15.2 Å². The maximum absolute atomic E-state index is 10.8. The summed E-state index contributed by atoms with van der Waals surface area (Å²) in [6.45, 7) is 1.83. The van der Waals surface area contributed by atoms with Crippen molar-refractivity contribution in [3.63, 3.8) is 0 Å². The number of aliphatic carboxylic acids is 1. The molecule has 0 saturated carbocycles. The van der Waals surface area contributed by atoms with Gasteiger partial charge in [-0.2, -0.15) is 0 Å². The molecule has 0 aliphatic rings. The Bertz CT molecular complexity index is 317. The molecule has 1 rings (SSSR count). The standard InChI is InChI=1S/C8H9IN2O2/c1-2-5(8(12)13)7-6(9)3-10-4-11-7/h3-5H,2H2,1H3,(H,12,13). The summed E-state index contributed by atoms with van der Waals surface area (Å²) in [6.07, 6.45) is 3.54. The van der Waals surface area contributed by atoms with Gasteiger partial charge in [-0.25, -0.2) is 9.97 Å². The molecule has 0 radical (unpaired) electrons. The zero-order chi connectivity index (χ0) is 9.84. The van der Waals surface area contributed by atoms with Gasteiger partial charge in [0.1, 0.15) is 6.33 Å². The van der Waals surface area contributed by atoms with E-state index in [9.17, 15) is 4.79 Å². The van der Waals surface area contributed by atoms with Crippen molar-refractivity contribution in [3.8, 4) is 0 Å². The molecular weight excluding hydrogens is 283 g/mol. The third-order valence-electron chi connectivity index (χ3n) is 1.73. The zero-order valence-electron chi connectivity index (χ0n) is 7.07. The summed E-state index contributed by atoms with van der Waals surface area (Å²) in [7, 11) is 0. The SMILES string of the molecule is CCC(C(=O)O)c1ncncc1I. The van der Waals surface area contributed by atoms with Gasteiger partial charge in [-0.1, -0.05) is 6.92 Å². The highest BCUT2D eigenvalue weighted by molar-refractivity contribution is 14.1. The molecule has 1 unspecified atom stereocenters. The summed E-state index contributed by atoms with van der Waals surface area (Å²) < 4.78 is 0.800. The molecule has 13 heavy (non-hydrogen) atoms. The first-order chi connectivity index (χ1) is 6.16. The van der Waals surface area contributed by atoms with Crippen LogP contribution in [0.3, 0.4) is 0 Å². The van der Waals surface area contributed by atoms with E-state index in [2.05, 4.69) is 9.97 Å². The smallest absolute Gasteiger partial charge is 0.312 e. The molecule has 1 atom stereocenters. The molecule has 0 saturated heterocycles. The van der Waals surface area contributed by atoms with Gasteiger partial charge >= 0.3 is 5.97 Å². The van der Waals surface area contributed by atoms with Gasteiger partial charge in [-0.15, -0.1) is 0 Å². The number of halogens is 1. The van der Waals surface area contributed by atoms with Crippen LogP contribution in [0.15, 0.2) is 12.5 Å². The molecule has 5 heteroatoms. The van der Waals surface area contributed by atoms with Crippen molar-refractivity contribution in [3.05, 3.63) is 21.8 Å². The van der Waals surface area contributed by atoms with Crippen LogP contribution in [-0.2, 0) is 4.79 Å². The molecule has 0 amide bonds. The van der Waals surface area contributed by atoms with Gasteiger partial charge in [0, 0.05) is 6.20 Å². The lowest BCUT2D eigenvalue weighted by atomic mass is 10.0. The van der Waals surface area contributed by atoms with E-state index in [1.165, 1.54) is 6.33 Å². The number of hydrogen-bond donors (Lipinski definition) is 1. The third kappa shape index (κ3) is 2.36. The van der Waals surface area contributed by atoms with Crippen molar-refractivity contribution in [2.24, 2.45) is 0 Å². The van der Waals surface area contributed by atoms with Crippen molar-refractivity contribution in [1.29, 1.82) is 0 Å². The Balaban J connectivity index is 3.04. The summed E-state index contributed by atoms with van der Waals surface area (Å²) in [5.74, 6) is -1.35. The molecule has 70 valence electrons. The van der Waals surface area contributed by atoms with Crippen LogP contribution in [0.25, 0.3) is 0 Å². The second kappa shape index (κ2) is 4.50. The second-order valence-corrected chi connectivity index (χ2v) is 3.72. The van der Waals surface area contributed by atoms with Crippen LogP contribution in [0.4, 0.5) is 0 Å². The van der Waals surface area contributed by atoms with Gasteiger partial charge in [0.2, 0.25) is 0 Å². The molecule has 1 aromatic heterocycles. The third-order valence-corrected chi connectivity index (χ3v) is 2.56. The first-order valence-electron chi connectivity index (χ1n) is 3.85. The molecule has 1 aromatic rings. The fourth-order valence-corrected chi connectivity index (χ4v) is 1.74. The molecule has 1 N–H and O–H groups in total. The molecule has 0 aromatic carbocycles. The molecule has 0 spiro atoms. The van der Waals surface area contributed by atoms with Gasteiger partial charge < -0.3 is 5.11 Å². The second-order valence-electron chi connectivity index (χ2n) is 2.55. The van der Waals surface area contributed by atoms with Crippen molar-refractivity contribution >= 4 is 28.6 Å². The molecular formula is C8H9IN2O2. The number of rotatable bonds is 3. The Kier molecular flexibility index (Phi) is 3.58. The topological polar surface area (TPSA) is 63.1 Å². The minimum absolute atomic E-state index is 0.519. The van der Waals surface area contributed by atoms with E-state index in [-0.39, 0.29) is 0 Å². The highest BCUT2D eigenvalue weighted by Gasteiger charge is 2.21. The molecule has 0 aliphatic carbocycles. The Morgan fingerprint density at radius 2 is 2.46 bits per heavy atom. The first kappa shape index (κ1) is 10.4. The molecule has 0 bridgehead atoms. The maximum Gasteiger partial charge on any atom is 0.312 e. The van der Waals surface area contributed by atoms with E-state index >= 15 is 0 Å². The number of carboxylic acid groups (broad SMARTS) is 1. The fraction of sp³-hybridized carbons (Fsp3) is 0.375. The van der Waals surface area contributed by atoms with E-state index in [4.69, 9.17) is 5.11 Å². The summed E-state index contributed by atoms with van der Waals surface area (Å²) in [4.78, 5) is 18.6. The fourth-order valence-electron chi connectivity index (χ4n) is 1.06. The summed E-state index contributed by atoms with van der Waals surface area (Å²) >= 11 is 2.04. The average Bonchev–Trinajstić information content (AvgIpc) is 2.09. The number of hydrogen-bond acceptors (Lipinski definition) is 3. The highest BCUT2D eigenvalue weighted by atomic mass is 127. The van der Waals surface area contributed by atoms with Crippen LogP contribution in [-0.4, -0.2) is 21.0 Å². The summed E-state index contributed by atoms with van der Waals surface area (Å²) in [5.41, 5.74) is 0.602. The van der Waals surface area contributed by atoms with Crippen molar-refractivity contribution in [2.45, 2.75) is 19.3 Å². The Labute approximate surface area is 89.5 Å². The monoisotopic (exact) mass is 292 g/mol. The lowest BCUT2D eigenvalue weighted by molar-refractivity contribution is -0.139. The highest BCUT2D eigenvalue weighted by Crippen LogP contribution is 2.21. The van der Waals surface area contributed by atoms with Crippen molar-refractivity contribution in [1.82, 2.24) is 9.97 Å². The predicted molar refractivity (Wildman–Crippen MR) is 55.4 cm³/mol. The van der Waals surface area contributed by atoms with Crippen molar-refractivity contribution in [2.75, 3.05) is 0 Å². The van der Waals surface area contributed by atoms with Gasteiger partial charge in [-0.3, -0.25) is 4.79 Å². The number of carbonyl (C=O) groups is 1. The van der Waals surface area contributed by atoms with Gasteiger partial charge in [0.15, 0.2) is 0 Å². The maximum atomic E-state index is 10.8. The van der Waals surface area contributed by atoms with Crippen molar-refractivity contribution < 1.29 is 9.90 Å². The number of nitrogens with zero attached hydrogens (tertiary/aromatic N) is 2. The van der Waals surface area contributed by atoms with Gasteiger partial charge in [0.25, 0.3) is 0 Å². The van der Waals surface area contributed by atoms with E-state index in [1.807, 2.05) is 29.5 Å². The number of carboxylic acids is 1. The van der Waals surface area contributed by atoms with E-state index in [0.717, 1.165) is 3.57 Å². The Morgan fingerprint density at radius 3 is 2.92 bits per heavy atom. The predicted octanol–water partition coefficient (Wildman–Crippen LogP) is 1.66. The quantitative estimate of drug-likeness (QED) is 0.861. The average molecular weight is 292 g/mol. The van der Waals surface area contributed by atoms with Crippen LogP contribution in [0.5, 0.6) is 0 Å². The van der Waals surface area contributed by atoms with E-state index in [0.29, 0.717) is 12.1 Å².